The lowest BCUT2D eigenvalue weighted by molar-refractivity contribution is 0.152. The molecule has 1 unspecified atom stereocenters. The van der Waals surface area contributed by atoms with E-state index in [1.807, 2.05) is 4.68 Å². The van der Waals surface area contributed by atoms with Crippen LogP contribution >= 0.6 is 0 Å². The first-order valence-electron chi connectivity index (χ1n) is 8.07. The van der Waals surface area contributed by atoms with Crippen molar-refractivity contribution in [3.8, 4) is 0 Å². The fourth-order valence-corrected chi connectivity index (χ4v) is 3.11. The lowest BCUT2D eigenvalue weighted by Gasteiger charge is -2.34. The number of rotatable bonds is 7. The molecule has 5 nitrogen and oxygen atoms in total. The zero-order chi connectivity index (χ0) is 14.4. The summed E-state index contributed by atoms with van der Waals surface area (Å²) >= 11 is 0. The summed E-state index contributed by atoms with van der Waals surface area (Å²) in [5, 5.41) is 7.86. The van der Waals surface area contributed by atoms with E-state index in [2.05, 4.69) is 41.1 Å². The number of hydrogen-bond donors (Lipinski definition) is 1. The molecule has 0 saturated carbocycles. The van der Waals surface area contributed by atoms with Crippen LogP contribution in [-0.4, -0.2) is 45.3 Å². The Kier molecular flexibility index (Phi) is 5.98. The average Bonchev–Trinajstić information content (AvgIpc) is 2.88. The van der Waals surface area contributed by atoms with Gasteiger partial charge in [0.05, 0.1) is 6.54 Å². The van der Waals surface area contributed by atoms with Crippen LogP contribution in [0.25, 0.3) is 0 Å². The van der Waals surface area contributed by atoms with E-state index in [4.69, 9.17) is 0 Å². The average molecular weight is 279 g/mol. The largest absolute Gasteiger partial charge is 0.314 e. The molecule has 2 rings (SSSR count). The third-order valence-corrected chi connectivity index (χ3v) is 4.36. The minimum atomic E-state index is 0.644. The molecule has 0 aromatic carbocycles. The Labute approximate surface area is 122 Å². The number of nitrogens with one attached hydrogen (secondary N) is 1. The predicted octanol–water partition coefficient (Wildman–Crippen LogP) is 1.90. The lowest BCUT2D eigenvalue weighted by atomic mass is 9.90. The maximum Gasteiger partial charge on any atom is 0.141 e. The van der Waals surface area contributed by atoms with Crippen LogP contribution in [0.1, 0.15) is 45.9 Å². The van der Waals surface area contributed by atoms with Crippen molar-refractivity contribution in [1.29, 1.82) is 0 Å². The molecular weight excluding hydrogens is 250 g/mol. The smallest absolute Gasteiger partial charge is 0.141 e. The van der Waals surface area contributed by atoms with Gasteiger partial charge in [-0.2, -0.15) is 5.10 Å². The molecule has 1 aromatic rings. The summed E-state index contributed by atoms with van der Waals surface area (Å²) in [6.45, 7) is 12.0. The SMILES string of the molecule is CCCn1ncnc1CN1CCC(C(C)NCC)CC1. The molecule has 0 radical (unpaired) electrons. The van der Waals surface area contributed by atoms with Gasteiger partial charge < -0.3 is 5.32 Å². The van der Waals surface area contributed by atoms with Crippen LogP contribution in [0.3, 0.4) is 0 Å². The Hall–Kier alpha value is -0.940. The Balaban J connectivity index is 1.80. The van der Waals surface area contributed by atoms with Gasteiger partial charge in [0.2, 0.25) is 0 Å². The summed E-state index contributed by atoms with van der Waals surface area (Å²) in [7, 11) is 0. The van der Waals surface area contributed by atoms with Crippen molar-refractivity contribution in [3.05, 3.63) is 12.2 Å². The van der Waals surface area contributed by atoms with Crippen LogP contribution in [0.5, 0.6) is 0 Å². The van der Waals surface area contributed by atoms with E-state index in [9.17, 15) is 0 Å². The summed E-state index contributed by atoms with van der Waals surface area (Å²) in [4.78, 5) is 6.93. The van der Waals surface area contributed by atoms with E-state index < -0.39 is 0 Å². The van der Waals surface area contributed by atoms with Crippen LogP contribution in [0, 0.1) is 5.92 Å². The summed E-state index contributed by atoms with van der Waals surface area (Å²) in [6, 6.07) is 0.644. The van der Waals surface area contributed by atoms with Gasteiger partial charge in [-0.15, -0.1) is 0 Å². The van der Waals surface area contributed by atoms with Gasteiger partial charge in [-0.3, -0.25) is 4.90 Å². The molecule has 1 atom stereocenters. The van der Waals surface area contributed by atoms with Gasteiger partial charge in [-0.05, 0) is 51.7 Å². The van der Waals surface area contributed by atoms with Crippen molar-refractivity contribution in [2.24, 2.45) is 5.92 Å². The molecule has 0 aliphatic carbocycles. The molecule has 114 valence electrons. The topological polar surface area (TPSA) is 46.0 Å². The van der Waals surface area contributed by atoms with Crippen molar-refractivity contribution in [3.63, 3.8) is 0 Å². The van der Waals surface area contributed by atoms with Crippen LogP contribution in [0.15, 0.2) is 6.33 Å². The van der Waals surface area contributed by atoms with Crippen LogP contribution in [-0.2, 0) is 13.1 Å². The molecule has 1 saturated heterocycles. The maximum atomic E-state index is 4.41. The third kappa shape index (κ3) is 4.03. The number of aromatic nitrogens is 3. The highest BCUT2D eigenvalue weighted by Crippen LogP contribution is 2.21. The van der Waals surface area contributed by atoms with Crippen molar-refractivity contribution >= 4 is 0 Å². The number of likely N-dealkylation sites (tertiary alicyclic amines) is 1. The second-order valence-electron chi connectivity index (χ2n) is 5.86. The highest BCUT2D eigenvalue weighted by Gasteiger charge is 2.24. The van der Waals surface area contributed by atoms with Gasteiger partial charge in [0.1, 0.15) is 12.2 Å². The summed E-state index contributed by atoms with van der Waals surface area (Å²) in [5.41, 5.74) is 0. The minimum absolute atomic E-state index is 0.644. The van der Waals surface area contributed by atoms with Crippen LogP contribution in [0.4, 0.5) is 0 Å². The Morgan fingerprint density at radius 2 is 2.10 bits per heavy atom. The van der Waals surface area contributed by atoms with Crippen molar-refractivity contribution in [2.75, 3.05) is 19.6 Å². The van der Waals surface area contributed by atoms with Gasteiger partial charge in [-0.1, -0.05) is 13.8 Å². The molecule has 1 N–H and O–H groups in total. The van der Waals surface area contributed by atoms with Crippen molar-refractivity contribution < 1.29 is 0 Å². The molecule has 1 fully saturated rings. The second kappa shape index (κ2) is 7.74. The second-order valence-corrected chi connectivity index (χ2v) is 5.86. The highest BCUT2D eigenvalue weighted by atomic mass is 15.3. The molecule has 2 heterocycles. The van der Waals surface area contributed by atoms with Crippen molar-refractivity contribution in [2.45, 2.75) is 59.2 Å². The fourth-order valence-electron chi connectivity index (χ4n) is 3.11. The van der Waals surface area contributed by atoms with Crippen LogP contribution in [0.2, 0.25) is 0 Å². The molecule has 5 heteroatoms. The Bertz CT molecular complexity index is 381. The number of aryl methyl sites for hydroxylation is 1. The zero-order valence-electron chi connectivity index (χ0n) is 13.2. The van der Waals surface area contributed by atoms with E-state index in [1.54, 1.807) is 6.33 Å². The first-order valence-corrected chi connectivity index (χ1v) is 8.07. The first-order chi connectivity index (χ1) is 9.74. The fraction of sp³-hybridized carbons (Fsp3) is 0.867. The van der Waals surface area contributed by atoms with Gasteiger partial charge in [0, 0.05) is 12.6 Å². The van der Waals surface area contributed by atoms with E-state index in [-0.39, 0.29) is 0 Å². The highest BCUT2D eigenvalue weighted by molar-refractivity contribution is 4.87. The molecule has 1 aliphatic heterocycles. The van der Waals surface area contributed by atoms with Gasteiger partial charge in [-0.25, -0.2) is 9.67 Å². The van der Waals surface area contributed by atoms with E-state index in [0.717, 1.165) is 37.8 Å². The molecular formula is C15H29N5. The summed E-state index contributed by atoms with van der Waals surface area (Å²) < 4.78 is 2.05. The lowest BCUT2D eigenvalue weighted by Crippen LogP contribution is -2.41. The molecule has 0 amide bonds. The van der Waals surface area contributed by atoms with E-state index in [0.29, 0.717) is 6.04 Å². The predicted molar refractivity (Wildman–Crippen MR) is 81.5 cm³/mol. The molecule has 1 aliphatic rings. The zero-order valence-corrected chi connectivity index (χ0v) is 13.2. The summed E-state index contributed by atoms with van der Waals surface area (Å²) in [6.07, 6.45) is 5.37. The maximum absolute atomic E-state index is 4.41. The van der Waals surface area contributed by atoms with Crippen LogP contribution < -0.4 is 5.32 Å². The quantitative estimate of drug-likeness (QED) is 0.828. The Morgan fingerprint density at radius 1 is 1.35 bits per heavy atom. The number of nitrogens with zero attached hydrogens (tertiary/aromatic N) is 4. The van der Waals surface area contributed by atoms with E-state index in [1.165, 1.54) is 25.9 Å². The third-order valence-electron chi connectivity index (χ3n) is 4.36. The minimum Gasteiger partial charge on any atom is -0.314 e. The number of piperidine rings is 1. The molecule has 20 heavy (non-hydrogen) atoms. The summed E-state index contributed by atoms with van der Waals surface area (Å²) in [5.74, 6) is 1.93. The normalized spacial score (nSPS) is 19.4. The standard InChI is InChI=1S/C15H29N5/c1-4-8-20-15(17-12-18-20)11-19-9-6-14(7-10-19)13(3)16-5-2/h12-14,16H,4-11H2,1-3H3. The molecule has 0 bridgehead atoms. The van der Waals surface area contributed by atoms with Gasteiger partial charge in [0.25, 0.3) is 0 Å². The van der Waals surface area contributed by atoms with Gasteiger partial charge >= 0.3 is 0 Å². The first kappa shape index (κ1) is 15.4. The molecule has 0 spiro atoms. The number of hydrogen-bond acceptors (Lipinski definition) is 4. The Morgan fingerprint density at radius 3 is 2.75 bits per heavy atom. The van der Waals surface area contributed by atoms with E-state index >= 15 is 0 Å². The van der Waals surface area contributed by atoms with Crippen molar-refractivity contribution in [1.82, 2.24) is 25.0 Å². The monoisotopic (exact) mass is 279 g/mol. The van der Waals surface area contributed by atoms with Gasteiger partial charge in [0.15, 0.2) is 0 Å². The molecule has 1 aromatic heterocycles.